The molecule has 4 N–H and O–H groups in total. The number of fused-ring (bicyclic) bond motifs is 4. The van der Waals surface area contributed by atoms with Crippen molar-refractivity contribution in [3.63, 3.8) is 0 Å². The predicted molar refractivity (Wildman–Crippen MR) is 194 cm³/mol. The topological polar surface area (TPSA) is 190 Å². The minimum Gasteiger partial charge on any atom is -0.456 e. The highest BCUT2D eigenvalue weighted by molar-refractivity contribution is 7.86. The molecule has 50 heavy (non-hydrogen) atoms. The molecule has 12 nitrogen and oxygen atoms in total. The number of nitrogens with zero attached hydrogens (tertiary/aromatic N) is 2. The summed E-state index contributed by atoms with van der Waals surface area (Å²) in [5.74, 6) is -0.632. The van der Waals surface area contributed by atoms with E-state index in [4.69, 9.17) is 10.5 Å². The lowest BCUT2D eigenvalue weighted by atomic mass is 9.81. The third-order valence-electron chi connectivity index (χ3n) is 9.45. The predicted octanol–water partition coefficient (Wildman–Crippen LogP) is 4.56. The lowest BCUT2D eigenvalue weighted by Crippen LogP contribution is -2.47. The first-order chi connectivity index (χ1) is 23.1. The summed E-state index contributed by atoms with van der Waals surface area (Å²) >= 11 is 0. The van der Waals surface area contributed by atoms with Crippen molar-refractivity contribution in [1.82, 2.24) is 4.58 Å². The molecule has 2 aromatic carbocycles. The Bertz CT molecular complexity index is 2350. The zero-order chi connectivity index (χ0) is 37.1. The zero-order valence-electron chi connectivity index (χ0n) is 29.0. The van der Waals surface area contributed by atoms with Gasteiger partial charge in [0, 0.05) is 36.3 Å². The van der Waals surface area contributed by atoms with Crippen LogP contribution in [0.3, 0.4) is 0 Å². The van der Waals surface area contributed by atoms with E-state index >= 15 is 0 Å². The van der Waals surface area contributed by atoms with E-state index in [-0.39, 0.29) is 17.2 Å². The molecule has 0 spiro atoms. The Labute approximate surface area is 292 Å². The van der Waals surface area contributed by atoms with Gasteiger partial charge in [-0.2, -0.15) is 16.8 Å². The Balaban J connectivity index is 1.98. The summed E-state index contributed by atoms with van der Waals surface area (Å²) in [4.78, 5) is 12.1. The van der Waals surface area contributed by atoms with Crippen molar-refractivity contribution in [3.8, 4) is 11.5 Å². The highest BCUT2D eigenvalue weighted by Gasteiger charge is 2.37. The molecule has 0 radical (unpaired) electrons. The lowest BCUT2D eigenvalue weighted by Gasteiger charge is -2.28. The van der Waals surface area contributed by atoms with Crippen LogP contribution in [-0.2, 0) is 20.2 Å². The monoisotopic (exact) mass is 724 g/mol. The number of rotatable bonds is 8. The Morgan fingerprint density at radius 2 is 1.62 bits per heavy atom. The summed E-state index contributed by atoms with van der Waals surface area (Å²) in [5, 5.41) is 13.6. The molecule has 0 amide bonds. The molecular weight excluding hydrogens is 683 g/mol. The quantitative estimate of drug-likeness (QED) is 0.114. The molecular formula is C36H42N3O9S2+. The number of ether oxygens (including phenoxy) is 1. The Hall–Kier alpha value is -4.37. The van der Waals surface area contributed by atoms with Crippen molar-refractivity contribution in [1.29, 1.82) is 0 Å². The maximum atomic E-state index is 12.6. The van der Waals surface area contributed by atoms with Crippen LogP contribution >= 0.6 is 0 Å². The van der Waals surface area contributed by atoms with Crippen molar-refractivity contribution in [2.24, 2.45) is 11.1 Å². The molecule has 2 heterocycles. The zero-order valence-corrected chi connectivity index (χ0v) is 30.6. The molecule has 3 aliphatic rings. The van der Waals surface area contributed by atoms with Crippen molar-refractivity contribution >= 4 is 37.0 Å². The van der Waals surface area contributed by atoms with Gasteiger partial charge in [0.1, 0.15) is 30.1 Å². The summed E-state index contributed by atoms with van der Waals surface area (Å²) in [6.07, 6.45) is 9.63. The van der Waals surface area contributed by atoms with Crippen LogP contribution in [0.4, 0.5) is 0 Å². The van der Waals surface area contributed by atoms with Gasteiger partial charge in [-0.1, -0.05) is 32.9 Å². The fourth-order valence-electron chi connectivity index (χ4n) is 7.37. The molecule has 266 valence electrons. The van der Waals surface area contributed by atoms with Gasteiger partial charge in [-0.3, -0.25) is 19.2 Å². The summed E-state index contributed by atoms with van der Waals surface area (Å²) in [7, 11) is -7.05. The first kappa shape index (κ1) is 36.9. The molecule has 0 fully saturated rings. The molecule has 5 rings (SSSR count). The van der Waals surface area contributed by atoms with Crippen molar-refractivity contribution in [3.05, 3.63) is 115 Å². The molecule has 1 atom stereocenters. The van der Waals surface area contributed by atoms with Gasteiger partial charge in [0.05, 0.1) is 22.1 Å². The summed E-state index contributed by atoms with van der Waals surface area (Å²) in [6, 6.07) is 7.05. The fraction of sp³-hybridized carbons (Fsp3) is 0.361. The summed E-state index contributed by atoms with van der Waals surface area (Å²) < 4.78 is 77.5. The van der Waals surface area contributed by atoms with Crippen LogP contribution in [0, 0.1) is 15.5 Å². The van der Waals surface area contributed by atoms with Crippen LogP contribution in [0.15, 0.2) is 72.1 Å². The standard InChI is InChI=1S/C36H41N3O9S2/c1-8-24(30(39(40)41)10-9-11-37)34-28-12-26-22(19-49(42,43)44)17-35(3,4)16-21(2)25(26)14-32(28)48-33-15-31-27(13-29(33)34)23(20-50(45,46)47)18-36(5,6)38(31)7/h8-15,17-18,21H,16,19-20,37H2,1-7H3,(H-,42,43,44,45,46,47)/p+1/b11-9+,24-8+,30-10+. The van der Waals surface area contributed by atoms with Gasteiger partial charge in [-0.25, -0.2) is 4.58 Å². The molecule has 0 saturated carbocycles. The third-order valence-corrected chi connectivity index (χ3v) is 10.8. The second-order valence-electron chi connectivity index (χ2n) is 14.3. The summed E-state index contributed by atoms with van der Waals surface area (Å²) in [6.45, 7) is 11.5. The molecule has 14 heteroatoms. The van der Waals surface area contributed by atoms with E-state index in [1.807, 2.05) is 58.4 Å². The van der Waals surface area contributed by atoms with Gasteiger partial charge in [-0.05, 0) is 83.5 Å². The van der Waals surface area contributed by atoms with Crippen molar-refractivity contribution < 1.29 is 35.6 Å². The van der Waals surface area contributed by atoms with Gasteiger partial charge >= 0.3 is 0 Å². The van der Waals surface area contributed by atoms with E-state index in [1.54, 1.807) is 37.3 Å². The average molecular weight is 725 g/mol. The van der Waals surface area contributed by atoms with E-state index in [0.29, 0.717) is 61.9 Å². The Kier molecular flexibility index (Phi) is 9.41. The number of likely N-dealkylation sites (N-methyl/N-ethyl adjacent to an activating group) is 1. The molecule has 0 saturated heterocycles. The minimum atomic E-state index is -4.45. The summed E-state index contributed by atoms with van der Waals surface area (Å²) in [5.41, 5.74) is 7.74. The number of allylic oxidation sites excluding steroid dienone is 5. The normalized spacial score (nSPS) is 20.1. The van der Waals surface area contributed by atoms with Gasteiger partial charge in [-0.15, -0.1) is 0 Å². The van der Waals surface area contributed by atoms with E-state index in [9.17, 15) is 36.1 Å². The molecule has 0 aromatic heterocycles. The first-order valence-electron chi connectivity index (χ1n) is 16.0. The van der Waals surface area contributed by atoms with Gasteiger partial charge < -0.3 is 10.5 Å². The van der Waals surface area contributed by atoms with Crippen LogP contribution in [0.25, 0.3) is 16.7 Å². The van der Waals surface area contributed by atoms with Crippen LogP contribution in [0.5, 0.6) is 11.5 Å². The van der Waals surface area contributed by atoms with E-state index < -0.39 is 47.6 Å². The lowest BCUT2D eigenvalue weighted by molar-refractivity contribution is -0.420. The Morgan fingerprint density at radius 1 is 1.00 bits per heavy atom. The second-order valence-corrected chi connectivity index (χ2v) is 17.2. The van der Waals surface area contributed by atoms with E-state index in [2.05, 4.69) is 0 Å². The maximum absolute atomic E-state index is 12.6. The number of benzene rings is 2. The van der Waals surface area contributed by atoms with Crippen molar-refractivity contribution in [2.75, 3.05) is 18.6 Å². The fourth-order valence-corrected chi connectivity index (χ4v) is 8.63. The van der Waals surface area contributed by atoms with Gasteiger partial charge in [0.25, 0.3) is 25.9 Å². The number of nitrogens with two attached hydrogens (primary N) is 1. The van der Waals surface area contributed by atoms with E-state index in [0.717, 1.165) is 5.56 Å². The van der Waals surface area contributed by atoms with Gasteiger partial charge in [0.15, 0.2) is 5.54 Å². The average Bonchev–Trinajstić information content (AvgIpc) is 3.05. The molecule has 2 aliphatic heterocycles. The minimum absolute atomic E-state index is 0.0670. The van der Waals surface area contributed by atoms with Crippen molar-refractivity contribution in [2.45, 2.75) is 59.4 Å². The molecule has 1 aliphatic carbocycles. The smallest absolute Gasteiger partial charge is 0.276 e. The van der Waals surface area contributed by atoms with Crippen LogP contribution < -0.4 is 25.6 Å². The Morgan fingerprint density at radius 3 is 2.18 bits per heavy atom. The maximum Gasteiger partial charge on any atom is 0.276 e. The number of hydrogen-bond acceptors (Lipinski definition) is 8. The third kappa shape index (κ3) is 7.24. The number of hydrogen-bond donors (Lipinski definition) is 3. The van der Waals surface area contributed by atoms with Gasteiger partial charge in [0.2, 0.25) is 5.36 Å². The van der Waals surface area contributed by atoms with E-state index in [1.165, 1.54) is 18.4 Å². The second kappa shape index (κ2) is 12.7. The largest absolute Gasteiger partial charge is 0.456 e. The SMILES string of the molecule is C\C=C(C1=c2cc3c(cc2Oc2cc4c(cc21)C(CS(=O)(=O)O)=CC(C)(C)CC4C)=[N+](C)C(C)(C)C=C3CS(=O)(=O)O)/C(=C\C=C\N)[N+](=O)[O-]. The molecule has 1 unspecified atom stereocenters. The van der Waals surface area contributed by atoms with Crippen LogP contribution in [0.1, 0.15) is 76.1 Å². The first-order valence-corrected chi connectivity index (χ1v) is 19.2. The highest BCUT2D eigenvalue weighted by atomic mass is 32.2. The van der Waals surface area contributed by atoms with Crippen LogP contribution in [0.2, 0.25) is 0 Å². The number of nitro groups is 1. The molecule has 0 bridgehead atoms. The van der Waals surface area contributed by atoms with Crippen LogP contribution in [-0.4, -0.2) is 55.0 Å². The molecule has 2 aromatic rings. The highest BCUT2D eigenvalue weighted by Crippen LogP contribution is 2.47.